The zero-order valence-corrected chi connectivity index (χ0v) is 13.3. The largest absolute Gasteiger partial charge is 0.345 e. The van der Waals surface area contributed by atoms with Gasteiger partial charge in [0.05, 0.1) is 12.3 Å². The minimum absolute atomic E-state index is 0.0850. The number of sulfone groups is 1. The Kier molecular flexibility index (Phi) is 4.92. The molecular weight excluding hydrogens is 304 g/mol. The van der Waals surface area contributed by atoms with Crippen LogP contribution < -0.4 is 5.32 Å². The van der Waals surface area contributed by atoms with E-state index in [0.717, 1.165) is 12.8 Å². The molecule has 0 unspecified atom stereocenters. The van der Waals surface area contributed by atoms with E-state index in [-0.39, 0.29) is 18.2 Å². The summed E-state index contributed by atoms with van der Waals surface area (Å²) < 4.78 is 24.5. The van der Waals surface area contributed by atoms with Gasteiger partial charge in [-0.1, -0.05) is 12.1 Å². The van der Waals surface area contributed by atoms with E-state index in [1.807, 2.05) is 11.5 Å². The van der Waals surface area contributed by atoms with Crippen LogP contribution in [0.1, 0.15) is 28.7 Å². The molecule has 1 amide bonds. The molecule has 0 radical (unpaired) electrons. The summed E-state index contributed by atoms with van der Waals surface area (Å²) in [4.78, 5) is 12.1. The third-order valence-electron chi connectivity index (χ3n) is 3.06. The molecule has 0 aliphatic rings. The average Bonchev–Trinajstić information content (AvgIpc) is 2.90. The Morgan fingerprint density at radius 1 is 1.36 bits per heavy atom. The van der Waals surface area contributed by atoms with Gasteiger partial charge in [-0.3, -0.25) is 4.79 Å². The van der Waals surface area contributed by atoms with E-state index >= 15 is 0 Å². The fourth-order valence-electron chi connectivity index (χ4n) is 2.05. The van der Waals surface area contributed by atoms with Crippen LogP contribution in [0, 0.1) is 0 Å². The second kappa shape index (κ2) is 6.69. The number of aryl methyl sites for hydroxylation is 1. The van der Waals surface area contributed by atoms with Crippen LogP contribution in [0.15, 0.2) is 30.6 Å². The zero-order valence-electron chi connectivity index (χ0n) is 12.5. The van der Waals surface area contributed by atoms with E-state index in [9.17, 15) is 13.2 Å². The van der Waals surface area contributed by atoms with Crippen molar-refractivity contribution in [2.45, 2.75) is 25.8 Å². The van der Waals surface area contributed by atoms with E-state index in [1.54, 1.807) is 30.6 Å². The summed E-state index contributed by atoms with van der Waals surface area (Å²) in [6, 6.07) is 6.59. The molecule has 22 heavy (non-hydrogen) atoms. The highest BCUT2D eigenvalue weighted by Crippen LogP contribution is 2.09. The lowest BCUT2D eigenvalue weighted by molar-refractivity contribution is 0.0949. The predicted octanol–water partition coefficient (Wildman–Crippen LogP) is 0.773. The van der Waals surface area contributed by atoms with Gasteiger partial charge in [0.1, 0.15) is 6.33 Å². The second-order valence-electron chi connectivity index (χ2n) is 4.99. The van der Waals surface area contributed by atoms with Crippen LogP contribution in [0.4, 0.5) is 0 Å². The number of benzene rings is 1. The van der Waals surface area contributed by atoms with E-state index < -0.39 is 9.84 Å². The first-order chi connectivity index (χ1) is 10.4. The molecule has 2 rings (SSSR count). The molecule has 1 aromatic heterocycles. The number of nitrogens with one attached hydrogen (secondary N) is 1. The fourth-order valence-corrected chi connectivity index (χ4v) is 2.83. The first-order valence-corrected chi connectivity index (χ1v) is 8.86. The number of nitrogens with zero attached hydrogens (tertiary/aromatic N) is 3. The van der Waals surface area contributed by atoms with Gasteiger partial charge >= 0.3 is 0 Å². The van der Waals surface area contributed by atoms with Crippen LogP contribution in [0.25, 0.3) is 0 Å². The minimum atomic E-state index is -3.13. The Hall–Kier alpha value is -2.22. The Labute approximate surface area is 129 Å². The minimum Gasteiger partial charge on any atom is -0.345 e. The van der Waals surface area contributed by atoms with Gasteiger partial charge in [-0.2, -0.15) is 0 Å². The van der Waals surface area contributed by atoms with Gasteiger partial charge in [-0.15, -0.1) is 10.2 Å². The summed E-state index contributed by atoms with van der Waals surface area (Å²) in [6.45, 7) is 2.95. The van der Waals surface area contributed by atoms with Crippen LogP contribution in [0.3, 0.4) is 0 Å². The molecule has 1 N–H and O–H groups in total. The number of amides is 1. The van der Waals surface area contributed by atoms with Crippen molar-refractivity contribution >= 4 is 15.7 Å². The first-order valence-electron chi connectivity index (χ1n) is 6.80. The topological polar surface area (TPSA) is 93.9 Å². The molecule has 0 aliphatic heterocycles. The van der Waals surface area contributed by atoms with Gasteiger partial charge in [0.25, 0.3) is 5.91 Å². The van der Waals surface area contributed by atoms with Crippen LogP contribution in [0.5, 0.6) is 0 Å². The van der Waals surface area contributed by atoms with Gasteiger partial charge in [0.2, 0.25) is 0 Å². The highest BCUT2D eigenvalue weighted by atomic mass is 32.2. The Balaban J connectivity index is 2.05. The fraction of sp³-hybridized carbons (Fsp3) is 0.357. The SMILES string of the molecule is CCn1cnnc1CNC(=O)c1cccc(CS(C)(=O)=O)c1. The molecule has 8 heteroatoms. The highest BCUT2D eigenvalue weighted by Gasteiger charge is 2.10. The summed E-state index contributed by atoms with van der Waals surface area (Å²) in [7, 11) is -3.13. The van der Waals surface area contributed by atoms with Crippen molar-refractivity contribution in [2.24, 2.45) is 0 Å². The number of hydrogen-bond acceptors (Lipinski definition) is 5. The summed E-state index contributed by atoms with van der Waals surface area (Å²) in [5.74, 6) is 0.308. The van der Waals surface area contributed by atoms with Crippen molar-refractivity contribution in [1.29, 1.82) is 0 Å². The number of hydrogen-bond donors (Lipinski definition) is 1. The molecule has 0 spiro atoms. The molecular formula is C14H18N4O3S. The number of carbonyl (C=O) groups is 1. The molecule has 0 saturated heterocycles. The van der Waals surface area contributed by atoms with Crippen LogP contribution in [-0.2, 0) is 28.7 Å². The molecule has 7 nitrogen and oxygen atoms in total. The molecule has 0 bridgehead atoms. The lowest BCUT2D eigenvalue weighted by Gasteiger charge is -2.07. The maximum absolute atomic E-state index is 12.1. The highest BCUT2D eigenvalue weighted by molar-refractivity contribution is 7.89. The van der Waals surface area contributed by atoms with Gasteiger partial charge in [-0.25, -0.2) is 8.42 Å². The molecule has 0 aliphatic carbocycles. The van der Waals surface area contributed by atoms with Crippen LogP contribution in [-0.4, -0.2) is 35.3 Å². The molecule has 0 saturated carbocycles. The van der Waals surface area contributed by atoms with Crippen LogP contribution >= 0.6 is 0 Å². The van der Waals surface area contributed by atoms with E-state index in [4.69, 9.17) is 0 Å². The van der Waals surface area contributed by atoms with Crippen molar-refractivity contribution in [1.82, 2.24) is 20.1 Å². The standard InChI is InChI=1S/C14H18N4O3S/c1-3-18-10-16-17-13(18)8-15-14(19)12-6-4-5-11(7-12)9-22(2,20)21/h4-7,10H,3,8-9H2,1-2H3,(H,15,19). The van der Waals surface area contributed by atoms with E-state index in [1.165, 1.54) is 0 Å². The maximum Gasteiger partial charge on any atom is 0.251 e. The molecule has 118 valence electrons. The summed E-state index contributed by atoms with van der Waals surface area (Å²) in [6.07, 6.45) is 2.77. The quantitative estimate of drug-likeness (QED) is 0.848. The number of rotatable bonds is 6. The predicted molar refractivity (Wildman–Crippen MR) is 81.9 cm³/mol. The molecule has 0 atom stereocenters. The van der Waals surface area contributed by atoms with E-state index in [2.05, 4.69) is 15.5 Å². The molecule has 0 fully saturated rings. The number of aromatic nitrogens is 3. The summed E-state index contributed by atoms with van der Waals surface area (Å²) >= 11 is 0. The lowest BCUT2D eigenvalue weighted by Crippen LogP contribution is -2.24. The number of carbonyl (C=O) groups excluding carboxylic acids is 1. The molecule has 1 heterocycles. The van der Waals surface area contributed by atoms with Crippen molar-refractivity contribution < 1.29 is 13.2 Å². The normalized spacial score (nSPS) is 11.4. The Morgan fingerprint density at radius 3 is 2.82 bits per heavy atom. The van der Waals surface area contributed by atoms with Gasteiger partial charge < -0.3 is 9.88 Å². The molecule has 1 aromatic carbocycles. The summed E-state index contributed by atoms with van der Waals surface area (Å²) in [5, 5.41) is 10.5. The monoisotopic (exact) mass is 322 g/mol. The smallest absolute Gasteiger partial charge is 0.251 e. The van der Waals surface area contributed by atoms with E-state index in [0.29, 0.717) is 17.0 Å². The lowest BCUT2D eigenvalue weighted by atomic mass is 10.1. The van der Waals surface area contributed by atoms with Gasteiger partial charge in [-0.05, 0) is 24.6 Å². The third-order valence-corrected chi connectivity index (χ3v) is 3.92. The Bertz CT molecular complexity index is 768. The molecule has 2 aromatic rings. The Morgan fingerprint density at radius 2 is 2.14 bits per heavy atom. The van der Waals surface area contributed by atoms with Crippen molar-refractivity contribution in [3.63, 3.8) is 0 Å². The van der Waals surface area contributed by atoms with Gasteiger partial charge in [0.15, 0.2) is 15.7 Å². The van der Waals surface area contributed by atoms with Gasteiger partial charge in [0, 0.05) is 18.4 Å². The summed E-state index contributed by atoms with van der Waals surface area (Å²) in [5.41, 5.74) is 1.01. The second-order valence-corrected chi connectivity index (χ2v) is 7.13. The maximum atomic E-state index is 12.1. The van der Waals surface area contributed by atoms with Crippen molar-refractivity contribution in [3.05, 3.63) is 47.5 Å². The third kappa shape index (κ3) is 4.39. The average molecular weight is 322 g/mol. The van der Waals surface area contributed by atoms with Crippen molar-refractivity contribution in [3.8, 4) is 0 Å². The van der Waals surface area contributed by atoms with Crippen molar-refractivity contribution in [2.75, 3.05) is 6.26 Å². The van der Waals surface area contributed by atoms with Crippen LogP contribution in [0.2, 0.25) is 0 Å². The zero-order chi connectivity index (χ0) is 16.2. The first kappa shape index (κ1) is 16.2.